The van der Waals surface area contributed by atoms with Crippen molar-refractivity contribution in [3.63, 3.8) is 0 Å². The van der Waals surface area contributed by atoms with Crippen molar-refractivity contribution < 1.29 is 48.9 Å². The third kappa shape index (κ3) is 10.5. The van der Waals surface area contributed by atoms with Crippen LogP contribution in [0.25, 0.3) is 11.1 Å². The molecule has 41 heavy (non-hydrogen) atoms. The molecule has 2 atom stereocenters. The lowest BCUT2D eigenvalue weighted by Crippen LogP contribution is -2.53. The van der Waals surface area contributed by atoms with Gasteiger partial charge in [0.1, 0.15) is 12.1 Å². The minimum absolute atomic E-state index is 0.109. The van der Waals surface area contributed by atoms with Crippen molar-refractivity contribution in [1.29, 1.82) is 0 Å². The quantitative estimate of drug-likeness (QED) is 0.115. The third-order valence-electron chi connectivity index (χ3n) is 5.78. The molecule has 3 amide bonds. The fraction of sp³-hybridized carbons (Fsp3) is 0.296. The molecule has 2 aromatic rings. The summed E-state index contributed by atoms with van der Waals surface area (Å²) in [6.07, 6.45) is -1.90. The fourth-order valence-corrected chi connectivity index (χ4v) is 4.00. The summed E-state index contributed by atoms with van der Waals surface area (Å²) in [5.74, 6) is -6.65. The topological polar surface area (TPSA) is 216 Å². The van der Waals surface area contributed by atoms with Crippen LogP contribution in [-0.4, -0.2) is 80.7 Å². The first kappa shape index (κ1) is 32.6. The van der Waals surface area contributed by atoms with Gasteiger partial charge in [-0.15, -0.1) is 0 Å². The second kappa shape index (κ2) is 15.9. The van der Waals surface area contributed by atoms with Crippen LogP contribution in [0, 0.1) is 0 Å². The number of aliphatic carboxylic acids is 3. The summed E-state index contributed by atoms with van der Waals surface area (Å²) in [6, 6.07) is 10.1. The lowest BCUT2D eigenvalue weighted by molar-refractivity contribution is -0.144. The van der Waals surface area contributed by atoms with Gasteiger partial charge >= 0.3 is 17.9 Å². The highest BCUT2D eigenvalue weighted by molar-refractivity contribution is 9.09. The molecule has 0 heterocycles. The van der Waals surface area contributed by atoms with Crippen LogP contribution in [0.2, 0.25) is 0 Å². The van der Waals surface area contributed by atoms with Gasteiger partial charge in [0.2, 0.25) is 11.8 Å². The number of hydrogen-bond acceptors (Lipinski definition) is 7. The summed E-state index contributed by atoms with van der Waals surface area (Å²) in [4.78, 5) is 83.2. The molecule has 0 aliphatic carbocycles. The molecule has 14 heteroatoms. The predicted octanol–water partition coefficient (Wildman–Crippen LogP) is 1.44. The molecule has 6 N–H and O–H groups in total. The van der Waals surface area contributed by atoms with E-state index in [2.05, 4.69) is 31.9 Å². The summed E-state index contributed by atoms with van der Waals surface area (Å²) in [7, 11) is 0. The molecule has 0 aliphatic heterocycles. The van der Waals surface area contributed by atoms with E-state index in [9.17, 15) is 38.7 Å². The normalized spacial score (nSPS) is 11.9. The number of nitrogens with one attached hydrogen (secondary N) is 3. The van der Waals surface area contributed by atoms with E-state index in [-0.39, 0.29) is 23.1 Å². The summed E-state index contributed by atoms with van der Waals surface area (Å²) >= 11 is 3.11. The third-order valence-corrected chi connectivity index (χ3v) is 6.29. The predicted molar refractivity (Wildman–Crippen MR) is 148 cm³/mol. The number of hydrogen-bond donors (Lipinski definition) is 6. The number of benzene rings is 2. The first-order valence-corrected chi connectivity index (χ1v) is 13.4. The molecule has 13 nitrogen and oxygen atoms in total. The number of carboxylic acid groups (broad SMARTS) is 3. The number of halogens is 1. The fourth-order valence-electron chi connectivity index (χ4n) is 3.68. The molecule has 0 saturated carbocycles. The molecule has 0 aliphatic rings. The van der Waals surface area contributed by atoms with E-state index in [4.69, 9.17) is 10.2 Å². The zero-order chi connectivity index (χ0) is 30.5. The monoisotopic (exact) mass is 633 g/mol. The van der Waals surface area contributed by atoms with Gasteiger partial charge < -0.3 is 31.3 Å². The first-order valence-electron chi connectivity index (χ1n) is 12.3. The van der Waals surface area contributed by atoms with Gasteiger partial charge in [0.15, 0.2) is 5.78 Å². The number of carbonyl (C=O) groups is 7. The van der Waals surface area contributed by atoms with Gasteiger partial charge in [0.05, 0.1) is 11.9 Å². The lowest BCUT2D eigenvalue weighted by Gasteiger charge is -2.21. The molecule has 0 radical (unpaired) electrons. The highest BCUT2D eigenvalue weighted by Crippen LogP contribution is 2.24. The molecule has 0 spiro atoms. The molecule has 0 fully saturated rings. The van der Waals surface area contributed by atoms with E-state index in [0.29, 0.717) is 16.7 Å². The Labute approximate surface area is 242 Å². The number of rotatable bonds is 16. The Morgan fingerprint density at radius 2 is 1.34 bits per heavy atom. The van der Waals surface area contributed by atoms with Gasteiger partial charge in [-0.2, -0.15) is 0 Å². The highest BCUT2D eigenvalue weighted by atomic mass is 79.9. The second-order valence-corrected chi connectivity index (χ2v) is 9.31. The number of amides is 3. The molecule has 2 rings (SSSR count). The van der Waals surface area contributed by atoms with Crippen molar-refractivity contribution in [3.8, 4) is 11.1 Å². The molecule has 218 valence electrons. The zero-order valence-electron chi connectivity index (χ0n) is 21.6. The summed E-state index contributed by atoms with van der Waals surface area (Å²) < 4.78 is 0. The lowest BCUT2D eigenvalue weighted by atomic mass is 9.97. The van der Waals surface area contributed by atoms with Crippen molar-refractivity contribution in [2.75, 3.05) is 11.9 Å². The highest BCUT2D eigenvalue weighted by Gasteiger charge is 2.27. The largest absolute Gasteiger partial charge is 0.481 e. The Morgan fingerprint density at radius 1 is 0.756 bits per heavy atom. The Morgan fingerprint density at radius 3 is 1.90 bits per heavy atom. The average molecular weight is 634 g/mol. The van der Waals surface area contributed by atoms with Crippen LogP contribution in [-0.2, 0) is 24.0 Å². The maximum absolute atomic E-state index is 12.9. The maximum atomic E-state index is 12.9. The number of carbonyl (C=O) groups excluding carboxylic acids is 4. The molecular weight excluding hydrogens is 606 g/mol. The molecule has 0 bridgehead atoms. The Kier molecular flexibility index (Phi) is 12.6. The van der Waals surface area contributed by atoms with Crippen molar-refractivity contribution in [2.45, 2.75) is 37.8 Å². The van der Waals surface area contributed by atoms with Gasteiger partial charge in [-0.05, 0) is 30.0 Å². The van der Waals surface area contributed by atoms with Crippen LogP contribution in [0.15, 0.2) is 48.5 Å². The molecule has 2 aromatic carbocycles. The van der Waals surface area contributed by atoms with Crippen molar-refractivity contribution in [1.82, 2.24) is 16.0 Å². The van der Waals surface area contributed by atoms with Gasteiger partial charge in [-0.1, -0.05) is 58.4 Å². The Bertz CT molecular complexity index is 1310. The zero-order valence-corrected chi connectivity index (χ0v) is 23.2. The van der Waals surface area contributed by atoms with E-state index in [1.165, 1.54) is 6.07 Å². The van der Waals surface area contributed by atoms with E-state index in [1.807, 2.05) is 0 Å². The van der Waals surface area contributed by atoms with Gasteiger partial charge in [0, 0.05) is 24.0 Å². The van der Waals surface area contributed by atoms with E-state index < -0.39 is 73.5 Å². The average Bonchev–Trinajstić information content (AvgIpc) is 2.95. The van der Waals surface area contributed by atoms with Crippen LogP contribution in [0.3, 0.4) is 0 Å². The van der Waals surface area contributed by atoms with E-state index >= 15 is 0 Å². The summed E-state index contributed by atoms with van der Waals surface area (Å²) in [6.45, 7) is -0.593. The Balaban J connectivity index is 2.09. The van der Waals surface area contributed by atoms with Crippen LogP contribution in [0.4, 0.5) is 0 Å². The first-order chi connectivity index (χ1) is 19.4. The van der Waals surface area contributed by atoms with Crippen LogP contribution in [0.5, 0.6) is 0 Å². The minimum atomic E-state index is -1.58. The minimum Gasteiger partial charge on any atom is -0.481 e. The van der Waals surface area contributed by atoms with Gasteiger partial charge in [-0.3, -0.25) is 28.8 Å². The van der Waals surface area contributed by atoms with Crippen LogP contribution in [0.1, 0.15) is 46.4 Å². The molecule has 0 unspecified atom stereocenters. The summed E-state index contributed by atoms with van der Waals surface area (Å²) in [5, 5.41) is 34.0. The molecule has 0 aromatic heterocycles. The van der Waals surface area contributed by atoms with Gasteiger partial charge in [0.25, 0.3) is 5.91 Å². The Hall–Kier alpha value is -4.59. The van der Waals surface area contributed by atoms with E-state index in [1.54, 1.807) is 42.5 Å². The second-order valence-electron chi connectivity index (χ2n) is 8.75. The molecular formula is C27H28BrN3O10. The number of ketones is 1. The summed E-state index contributed by atoms with van der Waals surface area (Å²) in [5.41, 5.74) is 1.89. The van der Waals surface area contributed by atoms with Crippen molar-refractivity contribution in [3.05, 3.63) is 59.7 Å². The van der Waals surface area contributed by atoms with Crippen molar-refractivity contribution >= 4 is 57.3 Å². The van der Waals surface area contributed by atoms with Gasteiger partial charge in [-0.25, -0.2) is 4.79 Å². The van der Waals surface area contributed by atoms with E-state index in [0.717, 1.165) is 0 Å². The standard InChI is InChI=1S/C27H28BrN3O10/c28-13-21(32)16-7-5-15(6-8-16)17-3-1-2-4-18(17)25(38)29-14-22(33)30-19(9-11-23(34)35)26(39)31-20(27(40)41)10-12-24(36)37/h1-8,19-20H,9-14H2,(H,29,38)(H,30,33)(H,31,39)(H,34,35)(H,36,37)(H,40,41)/t19-,20-/m0/s1. The number of Topliss-reactive ketones (excluding diaryl/α,β-unsaturated/α-hetero) is 1. The van der Waals surface area contributed by atoms with Crippen LogP contribution >= 0.6 is 15.9 Å². The molecule has 0 saturated heterocycles. The maximum Gasteiger partial charge on any atom is 0.326 e. The SMILES string of the molecule is O=C(O)CC[C@H](NC(=O)[C@H](CCC(=O)O)NC(=O)CNC(=O)c1ccccc1-c1ccc(C(=O)CBr)cc1)C(=O)O. The van der Waals surface area contributed by atoms with Crippen molar-refractivity contribution in [2.24, 2.45) is 0 Å². The number of alkyl halides is 1. The number of carboxylic acids is 3. The van der Waals surface area contributed by atoms with Crippen LogP contribution < -0.4 is 16.0 Å². The smallest absolute Gasteiger partial charge is 0.326 e.